The number of nitrogens with one attached hydrogen (secondary N) is 1. The van der Waals surface area contributed by atoms with Crippen LogP contribution in [0.3, 0.4) is 0 Å². The second-order valence-electron chi connectivity index (χ2n) is 4.61. The minimum Gasteiger partial charge on any atom is -0.395 e. The minimum atomic E-state index is -0.448. The maximum Gasteiger partial charge on any atom is 0.332 e. The zero-order valence-corrected chi connectivity index (χ0v) is 12.3. The Balaban J connectivity index is 2.74. The van der Waals surface area contributed by atoms with Gasteiger partial charge in [-0.25, -0.2) is 9.78 Å². The van der Waals surface area contributed by atoms with Crippen LogP contribution >= 0.6 is 0 Å². The summed E-state index contributed by atoms with van der Waals surface area (Å²) in [7, 11) is 4.57. The molecule has 0 spiro atoms. The summed E-state index contributed by atoms with van der Waals surface area (Å²) in [6, 6.07) is 0. The molecule has 0 aliphatic carbocycles. The molecule has 2 N–H and O–H groups in total. The van der Waals surface area contributed by atoms with Crippen molar-refractivity contribution in [1.29, 1.82) is 0 Å². The van der Waals surface area contributed by atoms with Crippen LogP contribution in [0.1, 0.15) is 0 Å². The van der Waals surface area contributed by atoms with Gasteiger partial charge in [-0.15, -0.1) is 0 Å². The molecule has 2 rings (SSSR count). The largest absolute Gasteiger partial charge is 0.395 e. The molecule has 2 heterocycles. The number of fused-ring (bicyclic) bond motifs is 1. The lowest BCUT2D eigenvalue weighted by atomic mass is 10.5. The fourth-order valence-corrected chi connectivity index (χ4v) is 2.19. The third kappa shape index (κ3) is 2.57. The van der Waals surface area contributed by atoms with Gasteiger partial charge >= 0.3 is 5.69 Å². The fourth-order valence-electron chi connectivity index (χ4n) is 2.19. The number of aliphatic hydroxyl groups excluding tert-OH is 1. The predicted molar refractivity (Wildman–Crippen MR) is 77.7 cm³/mol. The van der Waals surface area contributed by atoms with Crippen LogP contribution in [0.25, 0.3) is 11.2 Å². The number of aromatic nitrogens is 4. The number of hydrogen-bond acceptors (Lipinski definition) is 6. The third-order valence-corrected chi connectivity index (χ3v) is 3.25. The van der Waals surface area contributed by atoms with Crippen molar-refractivity contribution in [2.45, 2.75) is 6.54 Å². The first kappa shape index (κ1) is 15.3. The minimum absolute atomic E-state index is 0.0651. The second kappa shape index (κ2) is 6.10. The first-order valence-electron chi connectivity index (χ1n) is 6.52. The summed E-state index contributed by atoms with van der Waals surface area (Å²) in [5.74, 6) is 0.425. The Morgan fingerprint density at radius 1 is 1.29 bits per heavy atom. The van der Waals surface area contributed by atoms with Crippen LogP contribution in [0.5, 0.6) is 0 Å². The highest BCUT2D eigenvalue weighted by atomic mass is 16.5. The Hall–Kier alpha value is -2.13. The number of ether oxygens (including phenoxy) is 1. The summed E-state index contributed by atoms with van der Waals surface area (Å²) in [6.07, 6.45) is 0. The van der Waals surface area contributed by atoms with E-state index in [0.29, 0.717) is 31.3 Å². The molecule has 0 aromatic carbocycles. The maximum absolute atomic E-state index is 12.2. The van der Waals surface area contributed by atoms with E-state index >= 15 is 0 Å². The van der Waals surface area contributed by atoms with E-state index in [4.69, 9.17) is 9.84 Å². The third-order valence-electron chi connectivity index (χ3n) is 3.25. The van der Waals surface area contributed by atoms with Gasteiger partial charge in [0.25, 0.3) is 5.56 Å². The normalized spacial score (nSPS) is 11.2. The lowest BCUT2D eigenvalue weighted by molar-refractivity contribution is 0.188. The summed E-state index contributed by atoms with van der Waals surface area (Å²) >= 11 is 0. The molecule has 9 nitrogen and oxygen atoms in total. The van der Waals surface area contributed by atoms with E-state index in [-0.39, 0.29) is 12.1 Å². The highest BCUT2D eigenvalue weighted by Crippen LogP contribution is 2.15. The number of nitrogens with zero attached hydrogens (tertiary/aromatic N) is 4. The molecular formula is C12H19N5O4. The average Bonchev–Trinajstić information content (AvgIpc) is 2.85. The van der Waals surface area contributed by atoms with Gasteiger partial charge in [-0.2, -0.15) is 0 Å². The van der Waals surface area contributed by atoms with Crippen molar-refractivity contribution in [2.75, 3.05) is 32.2 Å². The van der Waals surface area contributed by atoms with Gasteiger partial charge in [0, 0.05) is 27.7 Å². The molecule has 0 radical (unpaired) electrons. The molecule has 0 amide bonds. The summed E-state index contributed by atoms with van der Waals surface area (Å²) in [6.45, 7) is 1.07. The summed E-state index contributed by atoms with van der Waals surface area (Å²) < 4.78 is 9.15. The number of aryl methyl sites for hydroxylation is 1. The van der Waals surface area contributed by atoms with Crippen molar-refractivity contribution in [1.82, 2.24) is 18.7 Å². The molecule has 116 valence electrons. The maximum atomic E-state index is 12.2. The predicted octanol–water partition coefficient (Wildman–Crippen LogP) is -1.52. The molecule has 0 saturated heterocycles. The van der Waals surface area contributed by atoms with Crippen molar-refractivity contribution in [2.24, 2.45) is 14.1 Å². The molecular weight excluding hydrogens is 278 g/mol. The van der Waals surface area contributed by atoms with E-state index in [1.807, 2.05) is 0 Å². The van der Waals surface area contributed by atoms with Gasteiger partial charge in [0.1, 0.15) is 0 Å². The smallest absolute Gasteiger partial charge is 0.332 e. The standard InChI is InChI=1S/C12H19N5O4/c1-15-9-8(10(19)16(2)12(15)20)14-11(13-4-6-18)17(9)5-7-21-3/h18H,4-7H2,1-3H3,(H,13,14). The first-order valence-corrected chi connectivity index (χ1v) is 6.52. The topological polar surface area (TPSA) is 103 Å². The molecule has 2 aromatic rings. The molecule has 0 saturated carbocycles. The molecule has 0 atom stereocenters. The summed E-state index contributed by atoms with van der Waals surface area (Å²) in [5.41, 5.74) is -0.229. The zero-order valence-electron chi connectivity index (χ0n) is 12.3. The lowest BCUT2D eigenvalue weighted by Crippen LogP contribution is -2.37. The SMILES string of the molecule is COCCn1c(NCCO)nc2c(=O)n(C)c(=O)n(C)c21. The molecule has 9 heteroatoms. The van der Waals surface area contributed by atoms with Crippen LogP contribution in [0.15, 0.2) is 9.59 Å². The Kier molecular flexibility index (Phi) is 4.43. The van der Waals surface area contributed by atoms with Crippen LogP contribution in [0, 0.1) is 0 Å². The van der Waals surface area contributed by atoms with Gasteiger partial charge in [0.2, 0.25) is 5.95 Å². The van der Waals surface area contributed by atoms with E-state index in [1.165, 1.54) is 11.6 Å². The van der Waals surface area contributed by atoms with Gasteiger partial charge in [-0.3, -0.25) is 18.5 Å². The zero-order chi connectivity index (χ0) is 15.6. The van der Waals surface area contributed by atoms with Crippen molar-refractivity contribution in [3.8, 4) is 0 Å². The first-order chi connectivity index (χ1) is 10.0. The van der Waals surface area contributed by atoms with Crippen molar-refractivity contribution < 1.29 is 9.84 Å². The molecule has 21 heavy (non-hydrogen) atoms. The second-order valence-corrected chi connectivity index (χ2v) is 4.61. The molecule has 2 aromatic heterocycles. The number of anilines is 1. The Bertz CT molecular complexity index is 758. The molecule has 0 bridgehead atoms. The fraction of sp³-hybridized carbons (Fsp3) is 0.583. The van der Waals surface area contributed by atoms with Crippen LogP contribution in [-0.4, -0.2) is 50.7 Å². The van der Waals surface area contributed by atoms with E-state index in [0.717, 1.165) is 4.57 Å². The van der Waals surface area contributed by atoms with Gasteiger partial charge < -0.3 is 15.2 Å². The number of imidazole rings is 1. The molecule has 0 fully saturated rings. The number of aliphatic hydroxyl groups is 1. The lowest BCUT2D eigenvalue weighted by Gasteiger charge is -2.11. The highest BCUT2D eigenvalue weighted by molar-refractivity contribution is 5.74. The van der Waals surface area contributed by atoms with Crippen molar-refractivity contribution in [3.63, 3.8) is 0 Å². The van der Waals surface area contributed by atoms with Crippen molar-refractivity contribution >= 4 is 17.1 Å². The van der Waals surface area contributed by atoms with Crippen LogP contribution in [0.2, 0.25) is 0 Å². The Labute approximate surface area is 120 Å². The van der Waals surface area contributed by atoms with Gasteiger partial charge in [0.05, 0.1) is 19.8 Å². The van der Waals surface area contributed by atoms with Crippen LogP contribution < -0.4 is 16.6 Å². The Morgan fingerprint density at radius 2 is 2.00 bits per heavy atom. The molecule has 0 aliphatic heterocycles. The number of rotatable bonds is 6. The monoisotopic (exact) mass is 297 g/mol. The van der Waals surface area contributed by atoms with E-state index in [9.17, 15) is 9.59 Å². The van der Waals surface area contributed by atoms with Gasteiger partial charge in [-0.1, -0.05) is 0 Å². The molecule has 0 aliphatic rings. The average molecular weight is 297 g/mol. The molecule has 0 unspecified atom stereocenters. The van der Waals surface area contributed by atoms with Crippen molar-refractivity contribution in [3.05, 3.63) is 20.8 Å². The summed E-state index contributed by atoms with van der Waals surface area (Å²) in [5, 5.41) is 11.9. The highest BCUT2D eigenvalue weighted by Gasteiger charge is 2.18. The van der Waals surface area contributed by atoms with E-state index < -0.39 is 11.2 Å². The van der Waals surface area contributed by atoms with E-state index in [1.54, 1.807) is 18.7 Å². The van der Waals surface area contributed by atoms with Crippen LogP contribution in [-0.2, 0) is 25.4 Å². The van der Waals surface area contributed by atoms with Gasteiger partial charge in [-0.05, 0) is 0 Å². The van der Waals surface area contributed by atoms with Crippen LogP contribution in [0.4, 0.5) is 5.95 Å². The summed E-state index contributed by atoms with van der Waals surface area (Å²) in [4.78, 5) is 28.5. The Morgan fingerprint density at radius 3 is 2.62 bits per heavy atom. The number of hydrogen-bond donors (Lipinski definition) is 2. The van der Waals surface area contributed by atoms with E-state index in [2.05, 4.69) is 10.3 Å². The quantitative estimate of drug-likeness (QED) is 0.671. The van der Waals surface area contributed by atoms with Gasteiger partial charge in [0.15, 0.2) is 11.2 Å². The number of methoxy groups -OCH3 is 1.